The molecule has 0 saturated heterocycles. The van der Waals surface area contributed by atoms with Crippen molar-refractivity contribution in [3.05, 3.63) is 0 Å². The van der Waals surface area contributed by atoms with E-state index in [1.807, 2.05) is 0 Å². The molecule has 0 aromatic rings. The molecule has 0 atom stereocenters. The second-order valence-electron chi connectivity index (χ2n) is 1.65. The van der Waals surface area contributed by atoms with Gasteiger partial charge in [-0.1, -0.05) is 13.3 Å². The summed E-state index contributed by atoms with van der Waals surface area (Å²) < 4.78 is 17.4. The molecule has 0 bridgehead atoms. The maximum atomic E-state index is 8.70. The number of unbranched alkanes of at least 4 members (excludes halogenated alkanes) is 1. The highest BCUT2D eigenvalue weighted by Crippen LogP contribution is 1.98. The van der Waals surface area contributed by atoms with E-state index in [0.717, 1.165) is 6.54 Å². The monoisotopic (exact) mass is 235 g/mol. The molecule has 0 heterocycles. The van der Waals surface area contributed by atoms with E-state index in [9.17, 15) is 0 Å². The lowest BCUT2D eigenvalue weighted by Crippen LogP contribution is -1.95. The summed E-state index contributed by atoms with van der Waals surface area (Å²) in [6.45, 7) is 2.98. The molecule has 0 aliphatic heterocycles. The minimum Gasteiger partial charge on any atom is -0.330 e. The molecule has 0 unspecified atom stereocenters. The van der Waals surface area contributed by atoms with E-state index >= 15 is 0 Å². The summed E-state index contributed by atoms with van der Waals surface area (Å²) in [6, 6.07) is 0. The Kier molecular flexibility index (Phi) is 25.8. The van der Waals surface area contributed by atoms with Crippen LogP contribution < -0.4 is 5.73 Å². The molecule has 0 amide bonds. The average molecular weight is 235 g/mol. The molecule has 0 aliphatic carbocycles. The number of hydrogen-bond donors (Lipinski definition) is 5. The molecule has 80 valence electrons. The van der Waals surface area contributed by atoms with E-state index in [1.165, 1.54) is 12.8 Å². The second kappa shape index (κ2) is 17.9. The molecular weight excluding hydrogens is 220 g/mol. The normalized spacial score (nSPS) is 7.23. The van der Waals surface area contributed by atoms with Gasteiger partial charge in [-0.25, -0.2) is 0 Å². The van der Waals surface area contributed by atoms with E-state index in [4.69, 9.17) is 34.4 Å². The second-order valence-corrected chi connectivity index (χ2v) is 2.66. The van der Waals surface area contributed by atoms with E-state index in [-0.39, 0.29) is 0 Å². The Morgan fingerprint density at radius 3 is 1.31 bits per heavy atom. The third-order valence-corrected chi connectivity index (χ3v) is 0.558. The number of nitrogens with two attached hydrogens (primary N) is 1. The fourth-order valence-electron chi connectivity index (χ4n) is 0.204. The zero-order valence-corrected chi connectivity index (χ0v) is 8.99. The van der Waals surface area contributed by atoms with Gasteiger partial charge in [-0.2, -0.15) is 0 Å². The van der Waals surface area contributed by atoms with Crippen molar-refractivity contribution in [1.29, 1.82) is 0 Å². The molecule has 0 aromatic carbocycles. The van der Waals surface area contributed by atoms with Gasteiger partial charge in [0.15, 0.2) is 0 Å². The highest BCUT2D eigenvalue weighted by molar-refractivity contribution is 7.31. The van der Waals surface area contributed by atoms with Crippen molar-refractivity contribution in [3.8, 4) is 0 Å². The molecule has 0 aromatic heterocycles. The van der Waals surface area contributed by atoms with E-state index in [0.29, 0.717) is 0 Å². The molecule has 0 saturated carbocycles. The quantitative estimate of drug-likeness (QED) is 0.424. The lowest BCUT2D eigenvalue weighted by atomic mass is 10.3. The fourth-order valence-corrected chi connectivity index (χ4v) is 0.204. The maximum absolute atomic E-state index is 8.70. The van der Waals surface area contributed by atoms with Crippen molar-refractivity contribution in [3.63, 3.8) is 0 Å². The molecule has 6 N–H and O–H groups in total. The van der Waals surface area contributed by atoms with Gasteiger partial charge in [0.1, 0.15) is 0 Å². The summed E-state index contributed by atoms with van der Waals surface area (Å²) in [5.41, 5.74) is 5.14. The van der Waals surface area contributed by atoms with Crippen LogP contribution in [0.4, 0.5) is 0 Å². The van der Waals surface area contributed by atoms with Gasteiger partial charge in [-0.3, -0.25) is 0 Å². The first-order chi connectivity index (χ1) is 5.88. The lowest BCUT2D eigenvalue weighted by Gasteiger charge is -1.80. The molecule has 0 rings (SSSR count). The molecule has 0 radical (unpaired) electrons. The van der Waals surface area contributed by atoms with Crippen LogP contribution in [0.2, 0.25) is 0 Å². The molecule has 7 nitrogen and oxygen atoms in total. The maximum Gasteiger partial charge on any atom is 0.692 e. The Morgan fingerprint density at radius 1 is 1.08 bits per heavy atom. The highest BCUT2D eigenvalue weighted by Gasteiger charge is 1.93. The van der Waals surface area contributed by atoms with Gasteiger partial charge in [0.2, 0.25) is 0 Å². The summed E-state index contributed by atoms with van der Waals surface area (Å²) in [7, 11) is -5.74. The third kappa shape index (κ3) is 300. The van der Waals surface area contributed by atoms with Gasteiger partial charge in [-0.15, -0.1) is 19.6 Å². The van der Waals surface area contributed by atoms with Crippen LogP contribution in [0.1, 0.15) is 19.8 Å². The molecule has 9 heteroatoms. The topological polar surface area (TPSA) is 141 Å². The van der Waals surface area contributed by atoms with Gasteiger partial charge in [-0.05, 0) is 13.0 Å². The van der Waals surface area contributed by atoms with Gasteiger partial charge in [0.25, 0.3) is 0 Å². The standard InChI is InChI=1S/C4H11N.2HO3P/c1-2-3-4-5;2*1-4(2)3/h2-5H2,1H3;2*(H-,1,2,3)/p+2. The van der Waals surface area contributed by atoms with Crippen molar-refractivity contribution >= 4 is 16.5 Å². The minimum absolute atomic E-state index is 0.844. The first-order valence-electron chi connectivity index (χ1n) is 3.28. The van der Waals surface area contributed by atoms with Crippen molar-refractivity contribution in [2.24, 2.45) is 5.73 Å². The van der Waals surface area contributed by atoms with Gasteiger partial charge in [0, 0.05) is 9.13 Å². The van der Waals surface area contributed by atoms with Crippen LogP contribution in [-0.2, 0) is 9.13 Å². The Bertz CT molecular complexity index is 110. The zero-order chi connectivity index (χ0) is 11.3. The van der Waals surface area contributed by atoms with Crippen molar-refractivity contribution in [2.75, 3.05) is 6.54 Å². The molecule has 13 heavy (non-hydrogen) atoms. The summed E-state index contributed by atoms with van der Waals surface area (Å²) in [5, 5.41) is 0. The Morgan fingerprint density at radius 2 is 1.31 bits per heavy atom. The van der Waals surface area contributed by atoms with Gasteiger partial charge >= 0.3 is 16.5 Å². The predicted octanol–water partition coefficient (Wildman–Crippen LogP) is 0.00200. The largest absolute Gasteiger partial charge is 0.692 e. The SMILES string of the molecule is CCCCN.O=[P+](O)O.O=[P+](O)O. The first kappa shape index (κ1) is 18.7. The highest BCUT2D eigenvalue weighted by atomic mass is 31.1. The Labute approximate surface area is 78.1 Å². The molecule has 0 spiro atoms. The Balaban J connectivity index is -0.000000117. The van der Waals surface area contributed by atoms with Crippen LogP contribution in [0.15, 0.2) is 0 Å². The van der Waals surface area contributed by atoms with E-state index < -0.39 is 16.5 Å². The smallest absolute Gasteiger partial charge is 0.330 e. The van der Waals surface area contributed by atoms with Gasteiger partial charge < -0.3 is 5.73 Å². The van der Waals surface area contributed by atoms with Crippen LogP contribution in [-0.4, -0.2) is 26.1 Å². The predicted molar refractivity (Wildman–Crippen MR) is 48.1 cm³/mol. The summed E-state index contributed by atoms with van der Waals surface area (Å²) in [5.74, 6) is 0. The van der Waals surface area contributed by atoms with Crippen LogP contribution in [0.5, 0.6) is 0 Å². The number of rotatable bonds is 2. The first-order valence-corrected chi connectivity index (χ1v) is 5.61. The van der Waals surface area contributed by atoms with E-state index in [2.05, 4.69) is 6.92 Å². The van der Waals surface area contributed by atoms with Crippen molar-refractivity contribution in [2.45, 2.75) is 19.8 Å². The summed E-state index contributed by atoms with van der Waals surface area (Å²) in [6.07, 6.45) is 2.39. The fraction of sp³-hybridized carbons (Fsp3) is 1.00. The lowest BCUT2D eigenvalue weighted by molar-refractivity contribution is 0.403. The van der Waals surface area contributed by atoms with E-state index in [1.54, 1.807) is 0 Å². The Hall–Kier alpha value is -0.0000000000000000416. The minimum atomic E-state index is -2.87. The van der Waals surface area contributed by atoms with Crippen LogP contribution in [0, 0.1) is 0 Å². The van der Waals surface area contributed by atoms with Crippen molar-refractivity contribution in [1.82, 2.24) is 0 Å². The van der Waals surface area contributed by atoms with Crippen LogP contribution in [0.25, 0.3) is 0 Å². The van der Waals surface area contributed by atoms with Gasteiger partial charge in [0.05, 0.1) is 0 Å². The zero-order valence-electron chi connectivity index (χ0n) is 7.20. The summed E-state index contributed by atoms with van der Waals surface area (Å²) >= 11 is 0. The van der Waals surface area contributed by atoms with Crippen LogP contribution in [0.3, 0.4) is 0 Å². The van der Waals surface area contributed by atoms with Crippen LogP contribution >= 0.6 is 16.5 Å². The molecule has 0 fully saturated rings. The molecule has 0 aliphatic rings. The summed E-state index contributed by atoms with van der Waals surface area (Å²) in [4.78, 5) is 28.5. The average Bonchev–Trinajstić information content (AvgIpc) is 1.86. The molecular formula is C4H15NO6P2+2. The van der Waals surface area contributed by atoms with Crippen molar-refractivity contribution < 1.29 is 28.7 Å². The number of hydrogen-bond acceptors (Lipinski definition) is 3. The third-order valence-electron chi connectivity index (χ3n) is 0.558.